The van der Waals surface area contributed by atoms with Gasteiger partial charge in [-0.25, -0.2) is 27.0 Å². The van der Waals surface area contributed by atoms with E-state index in [9.17, 15) is 27.7 Å². The molecule has 0 aliphatic carbocycles. The lowest BCUT2D eigenvalue weighted by atomic mass is 9.82. The molecular formula is C34H27F2N7O5S. The van der Waals surface area contributed by atoms with Gasteiger partial charge in [0, 0.05) is 49.6 Å². The van der Waals surface area contributed by atoms with Crippen molar-refractivity contribution in [2.45, 2.75) is 17.4 Å². The molecule has 49 heavy (non-hydrogen) atoms. The van der Waals surface area contributed by atoms with E-state index in [-0.39, 0.29) is 47.8 Å². The van der Waals surface area contributed by atoms with Crippen LogP contribution in [0.1, 0.15) is 29.2 Å². The first-order chi connectivity index (χ1) is 23.5. The van der Waals surface area contributed by atoms with Crippen molar-refractivity contribution in [1.29, 1.82) is 10.5 Å². The number of anilines is 2. The summed E-state index contributed by atoms with van der Waals surface area (Å²) < 4.78 is 63.3. The Morgan fingerprint density at radius 2 is 1.67 bits per heavy atom. The number of aromatic nitrogens is 1. The molecule has 3 aromatic carbocycles. The number of para-hydroxylation sites is 1. The van der Waals surface area contributed by atoms with Crippen molar-refractivity contribution >= 4 is 33.5 Å². The van der Waals surface area contributed by atoms with Gasteiger partial charge in [0.15, 0.2) is 5.54 Å². The third kappa shape index (κ3) is 5.64. The summed E-state index contributed by atoms with van der Waals surface area (Å²) in [6.07, 6.45) is 1.45. The van der Waals surface area contributed by atoms with Crippen LogP contribution in [-0.4, -0.2) is 63.0 Å². The highest BCUT2D eigenvalue weighted by Crippen LogP contribution is 2.49. The minimum Gasteiger partial charge on any atom is -0.493 e. The topological polar surface area (TPSA) is 160 Å². The molecule has 0 bridgehead atoms. The fourth-order valence-electron chi connectivity index (χ4n) is 6.00. The summed E-state index contributed by atoms with van der Waals surface area (Å²) in [5, 5.41) is 21.7. The van der Waals surface area contributed by atoms with Gasteiger partial charge in [-0.15, -0.1) is 0 Å². The molecule has 1 saturated heterocycles. The first kappa shape index (κ1) is 32.9. The summed E-state index contributed by atoms with van der Waals surface area (Å²) in [5.41, 5.74) is -2.06. The molecule has 1 fully saturated rings. The van der Waals surface area contributed by atoms with Crippen LogP contribution in [0.15, 0.2) is 83.9 Å². The highest BCUT2D eigenvalue weighted by molar-refractivity contribution is 7.93. The van der Waals surface area contributed by atoms with Crippen LogP contribution in [0.3, 0.4) is 0 Å². The Labute approximate surface area is 280 Å². The summed E-state index contributed by atoms with van der Waals surface area (Å²) in [6.45, 7) is 2.91. The number of nitriles is 2. The monoisotopic (exact) mass is 683 g/mol. The van der Waals surface area contributed by atoms with Crippen molar-refractivity contribution in [3.8, 4) is 17.9 Å². The van der Waals surface area contributed by atoms with Gasteiger partial charge in [0.2, 0.25) is 0 Å². The Balaban J connectivity index is 1.46. The second-order valence-corrected chi connectivity index (χ2v) is 12.8. The van der Waals surface area contributed by atoms with Crippen LogP contribution >= 0.6 is 0 Å². The fourth-order valence-corrected chi connectivity index (χ4v) is 7.52. The molecule has 15 heteroatoms. The molecule has 0 saturated carbocycles. The number of hydrogen-bond donors (Lipinski definition) is 1. The van der Waals surface area contributed by atoms with Gasteiger partial charge < -0.3 is 19.9 Å². The van der Waals surface area contributed by atoms with Crippen LogP contribution in [-0.2, 0) is 20.4 Å². The number of piperazine rings is 1. The molecule has 3 amide bonds. The number of pyridine rings is 1. The summed E-state index contributed by atoms with van der Waals surface area (Å²) >= 11 is 0. The van der Waals surface area contributed by atoms with Crippen LogP contribution < -0.4 is 19.3 Å². The second-order valence-electron chi connectivity index (χ2n) is 11.1. The average molecular weight is 684 g/mol. The Morgan fingerprint density at radius 3 is 2.33 bits per heavy atom. The van der Waals surface area contributed by atoms with E-state index in [0.717, 1.165) is 6.07 Å². The van der Waals surface area contributed by atoms with E-state index in [2.05, 4.69) is 10.3 Å². The normalized spacial score (nSPS) is 17.2. The quantitative estimate of drug-likeness (QED) is 0.304. The largest absolute Gasteiger partial charge is 0.493 e. The molecule has 0 spiro atoms. The number of benzene rings is 3. The molecule has 1 atom stereocenters. The lowest BCUT2D eigenvalue weighted by molar-refractivity contribution is -0.121. The third-order valence-corrected chi connectivity index (χ3v) is 10.0. The molecule has 1 aromatic heterocycles. The number of nitrogens with one attached hydrogen (secondary N) is 1. The number of nitrogens with zero attached hydrogens (tertiary/aromatic N) is 6. The minimum atomic E-state index is -5.06. The first-order valence-corrected chi connectivity index (χ1v) is 16.5. The second kappa shape index (κ2) is 12.9. The summed E-state index contributed by atoms with van der Waals surface area (Å²) in [7, 11) is -5.06. The SMILES string of the molecule is CCOc1ccccc1C1(NC(=O)N2CCN(c3ccc(C#N)cn3)CC2)C(=O)N(S(=O)(=O)c2ccc(F)cc2F)c2ccc(C#N)cc21. The van der Waals surface area contributed by atoms with Crippen LogP contribution in [0.25, 0.3) is 0 Å². The summed E-state index contributed by atoms with van der Waals surface area (Å²) in [6, 6.07) is 18.5. The van der Waals surface area contributed by atoms with E-state index >= 15 is 4.39 Å². The number of carbonyl (C=O) groups is 2. The fraction of sp³-hybridized carbons (Fsp3) is 0.206. The van der Waals surface area contributed by atoms with E-state index in [0.29, 0.717) is 40.9 Å². The minimum absolute atomic E-state index is 0.0507. The van der Waals surface area contributed by atoms with E-state index in [4.69, 9.17) is 10.00 Å². The molecule has 2 aliphatic rings. The molecule has 6 rings (SSSR count). The maximum atomic E-state index is 15.0. The highest BCUT2D eigenvalue weighted by atomic mass is 32.2. The van der Waals surface area contributed by atoms with Crippen molar-refractivity contribution in [2.75, 3.05) is 42.0 Å². The van der Waals surface area contributed by atoms with Crippen molar-refractivity contribution in [1.82, 2.24) is 15.2 Å². The van der Waals surface area contributed by atoms with E-state index in [1.807, 2.05) is 17.0 Å². The van der Waals surface area contributed by atoms with Gasteiger partial charge in [0.1, 0.15) is 34.2 Å². The van der Waals surface area contributed by atoms with E-state index in [1.54, 1.807) is 37.3 Å². The zero-order valence-electron chi connectivity index (χ0n) is 25.9. The molecule has 12 nitrogen and oxygen atoms in total. The number of fused-ring (bicyclic) bond motifs is 1. The van der Waals surface area contributed by atoms with Gasteiger partial charge in [-0.1, -0.05) is 18.2 Å². The number of sulfonamides is 1. The van der Waals surface area contributed by atoms with Crippen LogP contribution in [0.4, 0.5) is 25.1 Å². The molecule has 248 valence electrons. The Hall–Kier alpha value is -6.06. The zero-order valence-corrected chi connectivity index (χ0v) is 26.7. The predicted molar refractivity (Wildman–Crippen MR) is 172 cm³/mol. The molecule has 3 heterocycles. The van der Waals surface area contributed by atoms with Crippen LogP contribution in [0.5, 0.6) is 5.75 Å². The van der Waals surface area contributed by atoms with Crippen molar-refractivity contribution in [3.05, 3.63) is 113 Å². The van der Waals surface area contributed by atoms with Crippen molar-refractivity contribution < 1.29 is 31.5 Å². The van der Waals surface area contributed by atoms with Crippen LogP contribution in [0, 0.1) is 34.3 Å². The van der Waals surface area contributed by atoms with Gasteiger partial charge in [-0.2, -0.15) is 14.8 Å². The lowest BCUT2D eigenvalue weighted by Gasteiger charge is -2.38. The van der Waals surface area contributed by atoms with Gasteiger partial charge in [-0.05, 0) is 55.5 Å². The van der Waals surface area contributed by atoms with E-state index in [1.165, 1.54) is 35.4 Å². The molecule has 1 N–H and O–H groups in total. The number of halogens is 2. The molecular weight excluding hydrogens is 656 g/mol. The van der Waals surface area contributed by atoms with Crippen molar-refractivity contribution in [3.63, 3.8) is 0 Å². The predicted octanol–water partition coefficient (Wildman–Crippen LogP) is 4.01. The Morgan fingerprint density at radius 1 is 0.959 bits per heavy atom. The Bertz CT molecular complexity index is 2160. The van der Waals surface area contributed by atoms with Gasteiger partial charge in [0.05, 0.1) is 29.5 Å². The standard InChI is InChI=1S/C34H27F2N7O5S/c1-2-48-29-6-4-3-5-25(29)34(40-33(45)42-15-13-41(14-16-42)31-12-8-23(20-38)21-39-31)26-17-22(19-37)7-10-28(26)43(32(34)44)49(46,47)30-11-9-24(35)18-27(30)36/h3-12,17-18,21H,2,13-16H2,1H3,(H,40,45). The third-order valence-electron chi connectivity index (χ3n) is 8.32. The molecule has 2 aliphatic heterocycles. The van der Waals surface area contributed by atoms with Gasteiger partial charge in [0.25, 0.3) is 15.9 Å². The maximum absolute atomic E-state index is 15.0. The lowest BCUT2D eigenvalue weighted by Crippen LogP contribution is -2.60. The number of hydrogen-bond acceptors (Lipinski definition) is 9. The molecule has 1 unspecified atom stereocenters. The first-order valence-electron chi connectivity index (χ1n) is 15.0. The summed E-state index contributed by atoms with van der Waals surface area (Å²) in [4.78, 5) is 35.8. The number of urea groups is 1. The zero-order chi connectivity index (χ0) is 34.9. The average Bonchev–Trinajstić information content (AvgIpc) is 3.36. The number of carbonyl (C=O) groups excluding carboxylic acids is 2. The van der Waals surface area contributed by atoms with E-state index < -0.39 is 44.0 Å². The number of rotatable bonds is 7. The molecule has 4 aromatic rings. The smallest absolute Gasteiger partial charge is 0.318 e. The highest BCUT2D eigenvalue weighted by Gasteiger charge is 2.59. The van der Waals surface area contributed by atoms with Crippen LogP contribution in [0.2, 0.25) is 0 Å². The van der Waals surface area contributed by atoms with Gasteiger partial charge >= 0.3 is 6.03 Å². The maximum Gasteiger partial charge on any atom is 0.318 e. The number of ether oxygens (including phenoxy) is 1. The van der Waals surface area contributed by atoms with Crippen molar-refractivity contribution in [2.24, 2.45) is 0 Å². The number of amides is 3. The Kier molecular flexibility index (Phi) is 8.62. The summed E-state index contributed by atoms with van der Waals surface area (Å²) in [5.74, 6) is -2.88. The van der Waals surface area contributed by atoms with Gasteiger partial charge in [-0.3, -0.25) is 4.79 Å². The molecule has 0 radical (unpaired) electrons.